The third-order valence-corrected chi connectivity index (χ3v) is 5.52. The third-order valence-electron chi connectivity index (χ3n) is 5.52. The number of carboxylic acid groups (broad SMARTS) is 1. The molecule has 0 aromatic heterocycles. The Labute approximate surface area is 163 Å². The Hall–Kier alpha value is -2.02. The SMILES string of the molecule is C[C@@H]1Cc2cc(OCCCC(F)(F)F)ccc2C=C1CN1CC[C@@H](C(=O)O)C1. The quantitative estimate of drug-likeness (QED) is 0.694. The zero-order valence-electron chi connectivity index (χ0n) is 16.0. The van der Waals surface area contributed by atoms with Crippen LogP contribution in [0.25, 0.3) is 6.08 Å². The molecule has 7 heteroatoms. The Morgan fingerprint density at radius 3 is 2.82 bits per heavy atom. The minimum absolute atomic E-state index is 0.0474. The highest BCUT2D eigenvalue weighted by molar-refractivity contribution is 5.70. The fourth-order valence-corrected chi connectivity index (χ4v) is 3.89. The summed E-state index contributed by atoms with van der Waals surface area (Å²) in [7, 11) is 0. The number of alkyl halides is 3. The lowest BCUT2D eigenvalue weighted by Gasteiger charge is -2.27. The smallest absolute Gasteiger partial charge is 0.389 e. The zero-order chi connectivity index (χ0) is 20.3. The number of likely N-dealkylation sites (tertiary alicyclic amines) is 1. The van der Waals surface area contributed by atoms with Crippen molar-refractivity contribution in [1.82, 2.24) is 4.90 Å². The van der Waals surface area contributed by atoms with Crippen molar-refractivity contribution in [3.63, 3.8) is 0 Å². The maximum atomic E-state index is 12.2. The van der Waals surface area contributed by atoms with Gasteiger partial charge in [0.1, 0.15) is 5.75 Å². The standard InChI is InChI=1S/C21H26F3NO3/c1-14-9-17-11-19(28-8-2-6-21(22,23)24)4-3-15(17)10-18(14)13-25-7-5-16(12-25)20(26)27/h3-4,10-11,14,16H,2,5-9,12-13H2,1H3,(H,26,27)/t14-,16-/m1/s1. The fraction of sp³-hybridized carbons (Fsp3) is 0.571. The van der Waals surface area contributed by atoms with Crippen LogP contribution in [0.5, 0.6) is 5.75 Å². The Kier molecular flexibility index (Phi) is 6.33. The van der Waals surface area contributed by atoms with E-state index in [0.29, 0.717) is 24.6 Å². The van der Waals surface area contributed by atoms with E-state index in [1.165, 1.54) is 5.57 Å². The lowest BCUT2D eigenvalue weighted by atomic mass is 9.84. The molecule has 1 fully saturated rings. The molecule has 0 spiro atoms. The molecule has 1 N–H and O–H groups in total. The largest absolute Gasteiger partial charge is 0.494 e. The van der Waals surface area contributed by atoms with Crippen LogP contribution >= 0.6 is 0 Å². The maximum absolute atomic E-state index is 12.2. The van der Waals surface area contributed by atoms with Gasteiger partial charge in [-0.1, -0.05) is 24.6 Å². The molecule has 0 amide bonds. The van der Waals surface area contributed by atoms with Crippen LogP contribution in [0, 0.1) is 11.8 Å². The van der Waals surface area contributed by atoms with Gasteiger partial charge in [0.05, 0.1) is 12.5 Å². The van der Waals surface area contributed by atoms with E-state index in [0.717, 1.165) is 30.6 Å². The van der Waals surface area contributed by atoms with Crippen molar-refractivity contribution in [3.05, 3.63) is 34.9 Å². The molecule has 154 valence electrons. The van der Waals surface area contributed by atoms with Gasteiger partial charge in [-0.05, 0) is 55.0 Å². The number of carboxylic acids is 1. The van der Waals surface area contributed by atoms with Crippen molar-refractivity contribution in [3.8, 4) is 5.75 Å². The number of aliphatic carboxylic acids is 1. The van der Waals surface area contributed by atoms with Crippen LogP contribution < -0.4 is 4.74 Å². The average molecular weight is 397 g/mol. The van der Waals surface area contributed by atoms with Crippen LogP contribution in [-0.4, -0.2) is 48.4 Å². The summed E-state index contributed by atoms with van der Waals surface area (Å²) in [6, 6.07) is 5.67. The first-order valence-corrected chi connectivity index (χ1v) is 9.69. The van der Waals surface area contributed by atoms with Crippen LogP contribution in [0.2, 0.25) is 0 Å². The van der Waals surface area contributed by atoms with Gasteiger partial charge in [-0.3, -0.25) is 9.69 Å². The number of hydrogen-bond donors (Lipinski definition) is 1. The van der Waals surface area contributed by atoms with Gasteiger partial charge in [-0.15, -0.1) is 0 Å². The van der Waals surface area contributed by atoms with Crippen LogP contribution in [-0.2, 0) is 11.2 Å². The van der Waals surface area contributed by atoms with Crippen molar-refractivity contribution in [1.29, 1.82) is 0 Å². The monoisotopic (exact) mass is 397 g/mol. The van der Waals surface area contributed by atoms with E-state index in [1.807, 2.05) is 12.1 Å². The summed E-state index contributed by atoms with van der Waals surface area (Å²) in [5, 5.41) is 9.15. The number of carbonyl (C=O) groups is 1. The second-order valence-electron chi connectivity index (χ2n) is 7.81. The Balaban J connectivity index is 1.58. The number of halogens is 3. The van der Waals surface area contributed by atoms with Crippen molar-refractivity contribution < 1.29 is 27.8 Å². The van der Waals surface area contributed by atoms with E-state index >= 15 is 0 Å². The first-order valence-electron chi connectivity index (χ1n) is 9.69. The van der Waals surface area contributed by atoms with Crippen molar-refractivity contribution in [2.45, 2.75) is 38.8 Å². The second-order valence-corrected chi connectivity index (χ2v) is 7.81. The Bertz CT molecular complexity index is 745. The van der Waals surface area contributed by atoms with Gasteiger partial charge in [0, 0.05) is 19.5 Å². The van der Waals surface area contributed by atoms with Gasteiger partial charge in [0.2, 0.25) is 0 Å². The number of hydrogen-bond acceptors (Lipinski definition) is 3. The molecule has 0 unspecified atom stereocenters. The minimum Gasteiger partial charge on any atom is -0.494 e. The summed E-state index contributed by atoms with van der Waals surface area (Å²) in [6.07, 6.45) is -1.32. The van der Waals surface area contributed by atoms with Gasteiger partial charge in [0.15, 0.2) is 0 Å². The minimum atomic E-state index is -4.14. The van der Waals surface area contributed by atoms with E-state index in [4.69, 9.17) is 9.84 Å². The predicted octanol–water partition coefficient (Wildman–Crippen LogP) is 4.39. The molecule has 0 bridgehead atoms. The topological polar surface area (TPSA) is 49.8 Å². The van der Waals surface area contributed by atoms with Crippen molar-refractivity contribution in [2.75, 3.05) is 26.2 Å². The van der Waals surface area contributed by atoms with E-state index in [9.17, 15) is 18.0 Å². The average Bonchev–Trinajstić information content (AvgIpc) is 3.07. The molecule has 0 saturated carbocycles. The Morgan fingerprint density at radius 2 is 2.14 bits per heavy atom. The highest BCUT2D eigenvalue weighted by atomic mass is 19.4. The molecular formula is C21H26F3NO3. The van der Waals surface area contributed by atoms with Crippen LogP contribution in [0.4, 0.5) is 13.2 Å². The van der Waals surface area contributed by atoms with Crippen LogP contribution in [0.3, 0.4) is 0 Å². The maximum Gasteiger partial charge on any atom is 0.389 e. The molecule has 28 heavy (non-hydrogen) atoms. The molecule has 1 aliphatic carbocycles. The lowest BCUT2D eigenvalue weighted by Crippen LogP contribution is -2.28. The lowest BCUT2D eigenvalue weighted by molar-refractivity contribution is -0.141. The number of rotatable bonds is 7. The molecule has 2 aliphatic rings. The first kappa shape index (κ1) is 20.7. The Morgan fingerprint density at radius 1 is 1.36 bits per heavy atom. The molecule has 1 aromatic carbocycles. The fourth-order valence-electron chi connectivity index (χ4n) is 3.89. The highest BCUT2D eigenvalue weighted by Gasteiger charge is 2.30. The van der Waals surface area contributed by atoms with E-state index < -0.39 is 18.6 Å². The number of nitrogens with zero attached hydrogens (tertiary/aromatic N) is 1. The molecule has 3 rings (SSSR count). The van der Waals surface area contributed by atoms with Gasteiger partial charge >= 0.3 is 12.1 Å². The van der Waals surface area contributed by atoms with E-state index in [2.05, 4.69) is 17.9 Å². The van der Waals surface area contributed by atoms with Gasteiger partial charge in [0.25, 0.3) is 0 Å². The summed E-state index contributed by atoms with van der Waals surface area (Å²) in [6.45, 7) is 4.38. The number of fused-ring (bicyclic) bond motifs is 1. The summed E-state index contributed by atoms with van der Waals surface area (Å²) < 4.78 is 42.1. The molecule has 0 radical (unpaired) electrons. The summed E-state index contributed by atoms with van der Waals surface area (Å²) in [4.78, 5) is 13.3. The van der Waals surface area contributed by atoms with Gasteiger partial charge < -0.3 is 9.84 Å². The van der Waals surface area contributed by atoms with Crippen LogP contribution in [0.1, 0.15) is 37.3 Å². The van der Waals surface area contributed by atoms with Gasteiger partial charge in [-0.25, -0.2) is 0 Å². The molecule has 1 saturated heterocycles. The van der Waals surface area contributed by atoms with E-state index in [1.54, 1.807) is 6.07 Å². The molecular weight excluding hydrogens is 371 g/mol. The predicted molar refractivity (Wildman–Crippen MR) is 100 cm³/mol. The zero-order valence-corrected chi connectivity index (χ0v) is 16.0. The first-order chi connectivity index (χ1) is 13.2. The van der Waals surface area contributed by atoms with E-state index in [-0.39, 0.29) is 18.9 Å². The second kappa shape index (κ2) is 8.55. The highest BCUT2D eigenvalue weighted by Crippen LogP contribution is 2.32. The normalized spacial score (nSPS) is 22.6. The number of benzene rings is 1. The molecule has 1 heterocycles. The van der Waals surface area contributed by atoms with Crippen molar-refractivity contribution in [2.24, 2.45) is 11.8 Å². The molecule has 2 atom stereocenters. The number of ether oxygens (including phenoxy) is 1. The molecule has 4 nitrogen and oxygen atoms in total. The third kappa shape index (κ3) is 5.50. The van der Waals surface area contributed by atoms with Crippen molar-refractivity contribution >= 4 is 12.0 Å². The molecule has 1 aliphatic heterocycles. The molecule has 1 aromatic rings. The van der Waals surface area contributed by atoms with Gasteiger partial charge in [-0.2, -0.15) is 13.2 Å². The summed E-state index contributed by atoms with van der Waals surface area (Å²) in [5.41, 5.74) is 3.52. The van der Waals surface area contributed by atoms with Crippen LogP contribution in [0.15, 0.2) is 23.8 Å². The summed E-state index contributed by atoms with van der Waals surface area (Å²) in [5.74, 6) is -0.0595. The summed E-state index contributed by atoms with van der Waals surface area (Å²) >= 11 is 0.